The van der Waals surface area contributed by atoms with Crippen LogP contribution in [-0.2, 0) is 4.74 Å². The molecular weight excluding hydrogens is 266 g/mol. The molecule has 0 amide bonds. The summed E-state index contributed by atoms with van der Waals surface area (Å²) < 4.78 is 5.22. The van der Waals surface area contributed by atoms with Crippen molar-refractivity contribution in [1.29, 1.82) is 0 Å². The van der Waals surface area contributed by atoms with Gasteiger partial charge in [-0.3, -0.25) is 0 Å². The molecule has 1 aliphatic heterocycles. The van der Waals surface area contributed by atoms with Gasteiger partial charge in [-0.2, -0.15) is 0 Å². The van der Waals surface area contributed by atoms with Crippen LogP contribution < -0.4 is 5.32 Å². The van der Waals surface area contributed by atoms with Crippen molar-refractivity contribution >= 4 is 17.4 Å². The molecule has 0 spiro atoms. The molecular formula is C13H20ClN3O2. The standard InChI is InChI=1S/C13H20ClN3O2/c1-8(2)11-16-10(14)9(3)12(17-11)15-6-13(18)4-5-19-7-13/h8,18H,4-7H2,1-3H3,(H,15,16,17). The minimum atomic E-state index is -0.818. The lowest BCUT2D eigenvalue weighted by Crippen LogP contribution is -2.37. The van der Waals surface area contributed by atoms with Crippen molar-refractivity contribution in [2.45, 2.75) is 38.7 Å². The van der Waals surface area contributed by atoms with Crippen LogP contribution in [0.15, 0.2) is 0 Å². The van der Waals surface area contributed by atoms with Gasteiger partial charge in [0.25, 0.3) is 0 Å². The van der Waals surface area contributed by atoms with Gasteiger partial charge in [-0.25, -0.2) is 9.97 Å². The molecule has 0 aromatic carbocycles. The van der Waals surface area contributed by atoms with Gasteiger partial charge in [0.1, 0.15) is 22.4 Å². The van der Waals surface area contributed by atoms with Crippen molar-refractivity contribution < 1.29 is 9.84 Å². The minimum Gasteiger partial charge on any atom is -0.386 e. The maximum absolute atomic E-state index is 10.2. The van der Waals surface area contributed by atoms with E-state index in [0.29, 0.717) is 43.0 Å². The molecule has 6 heteroatoms. The van der Waals surface area contributed by atoms with E-state index in [-0.39, 0.29) is 5.92 Å². The normalized spacial score (nSPS) is 23.1. The molecule has 1 atom stereocenters. The first-order chi connectivity index (χ1) is 8.91. The molecule has 1 aromatic heterocycles. The Morgan fingerprint density at radius 1 is 1.47 bits per heavy atom. The van der Waals surface area contributed by atoms with E-state index in [4.69, 9.17) is 16.3 Å². The number of anilines is 1. The van der Waals surface area contributed by atoms with Gasteiger partial charge >= 0.3 is 0 Å². The Morgan fingerprint density at radius 2 is 2.21 bits per heavy atom. The second-order valence-electron chi connectivity index (χ2n) is 5.38. The summed E-state index contributed by atoms with van der Waals surface area (Å²) in [5.74, 6) is 1.59. The zero-order chi connectivity index (χ0) is 14.0. The number of aliphatic hydroxyl groups is 1. The Labute approximate surface area is 118 Å². The van der Waals surface area contributed by atoms with Gasteiger partial charge < -0.3 is 15.2 Å². The number of nitrogens with zero attached hydrogens (tertiary/aromatic N) is 2. The fourth-order valence-electron chi connectivity index (χ4n) is 1.92. The van der Waals surface area contributed by atoms with Crippen LogP contribution in [0.2, 0.25) is 5.15 Å². The lowest BCUT2D eigenvalue weighted by molar-refractivity contribution is 0.0381. The second-order valence-corrected chi connectivity index (χ2v) is 5.74. The number of rotatable bonds is 4. The topological polar surface area (TPSA) is 67.3 Å². The van der Waals surface area contributed by atoms with E-state index in [1.807, 2.05) is 20.8 Å². The highest BCUT2D eigenvalue weighted by atomic mass is 35.5. The van der Waals surface area contributed by atoms with Crippen LogP contribution in [0.4, 0.5) is 5.82 Å². The van der Waals surface area contributed by atoms with Gasteiger partial charge in [-0.1, -0.05) is 25.4 Å². The van der Waals surface area contributed by atoms with Gasteiger partial charge in [-0.05, 0) is 6.92 Å². The zero-order valence-corrected chi connectivity index (χ0v) is 12.3. The number of aromatic nitrogens is 2. The summed E-state index contributed by atoms with van der Waals surface area (Å²) in [5.41, 5.74) is -0.0180. The molecule has 1 aliphatic rings. The molecule has 2 rings (SSSR count). The number of halogens is 1. The molecule has 106 valence electrons. The molecule has 0 radical (unpaired) electrons. The summed E-state index contributed by atoms with van der Waals surface area (Å²) >= 11 is 6.11. The molecule has 2 heterocycles. The average Bonchev–Trinajstić information content (AvgIpc) is 2.78. The van der Waals surface area contributed by atoms with Crippen molar-refractivity contribution in [1.82, 2.24) is 9.97 Å². The molecule has 0 bridgehead atoms. The van der Waals surface area contributed by atoms with Crippen molar-refractivity contribution in [3.63, 3.8) is 0 Å². The highest BCUT2D eigenvalue weighted by molar-refractivity contribution is 6.30. The molecule has 1 unspecified atom stereocenters. The van der Waals surface area contributed by atoms with E-state index in [1.165, 1.54) is 0 Å². The maximum atomic E-state index is 10.2. The van der Waals surface area contributed by atoms with Gasteiger partial charge in [-0.15, -0.1) is 0 Å². The van der Waals surface area contributed by atoms with E-state index in [0.717, 1.165) is 5.56 Å². The van der Waals surface area contributed by atoms with Crippen molar-refractivity contribution in [2.75, 3.05) is 25.1 Å². The molecule has 1 aromatic rings. The highest BCUT2D eigenvalue weighted by Crippen LogP contribution is 2.24. The lowest BCUT2D eigenvalue weighted by atomic mass is 10.0. The summed E-state index contributed by atoms with van der Waals surface area (Å²) in [7, 11) is 0. The fourth-order valence-corrected chi connectivity index (χ4v) is 2.10. The minimum absolute atomic E-state index is 0.205. The predicted octanol–water partition coefficient (Wildman–Crippen LogP) is 2.13. The van der Waals surface area contributed by atoms with Crippen LogP contribution in [-0.4, -0.2) is 40.4 Å². The monoisotopic (exact) mass is 285 g/mol. The maximum Gasteiger partial charge on any atom is 0.137 e. The van der Waals surface area contributed by atoms with Crippen molar-refractivity contribution in [3.8, 4) is 0 Å². The first-order valence-electron chi connectivity index (χ1n) is 6.49. The summed E-state index contributed by atoms with van der Waals surface area (Å²) in [4.78, 5) is 8.72. The summed E-state index contributed by atoms with van der Waals surface area (Å²) in [6, 6.07) is 0. The Hall–Kier alpha value is -0.910. The van der Waals surface area contributed by atoms with Crippen molar-refractivity contribution in [3.05, 3.63) is 16.5 Å². The molecule has 5 nitrogen and oxygen atoms in total. The Bertz CT molecular complexity index is 459. The molecule has 19 heavy (non-hydrogen) atoms. The van der Waals surface area contributed by atoms with Crippen LogP contribution in [0.25, 0.3) is 0 Å². The van der Waals surface area contributed by atoms with Gasteiger partial charge in [0.15, 0.2) is 0 Å². The summed E-state index contributed by atoms with van der Waals surface area (Å²) in [5, 5.41) is 13.8. The molecule has 1 fully saturated rings. The van der Waals surface area contributed by atoms with Crippen LogP contribution >= 0.6 is 11.6 Å². The summed E-state index contributed by atoms with van der Waals surface area (Å²) in [6.07, 6.45) is 0.634. The molecule has 1 saturated heterocycles. The predicted molar refractivity (Wildman–Crippen MR) is 74.7 cm³/mol. The third-order valence-electron chi connectivity index (χ3n) is 3.29. The number of hydrogen-bond acceptors (Lipinski definition) is 5. The van der Waals surface area contributed by atoms with Crippen LogP contribution in [0.5, 0.6) is 0 Å². The smallest absolute Gasteiger partial charge is 0.137 e. The Kier molecular flexibility index (Phi) is 4.28. The van der Waals surface area contributed by atoms with E-state index in [1.54, 1.807) is 0 Å². The molecule has 2 N–H and O–H groups in total. The average molecular weight is 286 g/mol. The Morgan fingerprint density at radius 3 is 2.79 bits per heavy atom. The molecule has 0 saturated carbocycles. The quantitative estimate of drug-likeness (QED) is 0.830. The third-order valence-corrected chi connectivity index (χ3v) is 3.66. The van der Waals surface area contributed by atoms with Crippen LogP contribution in [0.1, 0.15) is 37.6 Å². The van der Waals surface area contributed by atoms with E-state index < -0.39 is 5.60 Å². The van der Waals surface area contributed by atoms with Gasteiger partial charge in [0.05, 0.1) is 6.61 Å². The first kappa shape index (κ1) is 14.5. The van der Waals surface area contributed by atoms with Crippen LogP contribution in [0.3, 0.4) is 0 Å². The number of ether oxygens (including phenoxy) is 1. The van der Waals surface area contributed by atoms with Gasteiger partial charge in [0, 0.05) is 31.1 Å². The van der Waals surface area contributed by atoms with E-state index >= 15 is 0 Å². The number of hydrogen-bond donors (Lipinski definition) is 2. The summed E-state index contributed by atoms with van der Waals surface area (Å²) in [6.45, 7) is 7.25. The van der Waals surface area contributed by atoms with Crippen molar-refractivity contribution in [2.24, 2.45) is 0 Å². The zero-order valence-electron chi connectivity index (χ0n) is 11.5. The number of nitrogens with one attached hydrogen (secondary N) is 1. The third kappa shape index (κ3) is 3.35. The first-order valence-corrected chi connectivity index (χ1v) is 6.87. The fraction of sp³-hybridized carbons (Fsp3) is 0.692. The van der Waals surface area contributed by atoms with E-state index in [2.05, 4.69) is 15.3 Å². The Balaban J connectivity index is 2.15. The second kappa shape index (κ2) is 5.61. The largest absolute Gasteiger partial charge is 0.386 e. The van der Waals surface area contributed by atoms with Gasteiger partial charge in [0.2, 0.25) is 0 Å². The highest BCUT2D eigenvalue weighted by Gasteiger charge is 2.32. The lowest BCUT2D eigenvalue weighted by Gasteiger charge is -2.22. The van der Waals surface area contributed by atoms with Crippen LogP contribution in [0, 0.1) is 6.92 Å². The SMILES string of the molecule is Cc1c(Cl)nc(C(C)C)nc1NCC1(O)CCOC1. The van der Waals surface area contributed by atoms with E-state index in [9.17, 15) is 5.11 Å². The molecule has 0 aliphatic carbocycles.